The molecule has 0 unspecified atom stereocenters. The predicted octanol–water partition coefficient (Wildman–Crippen LogP) is 4.26. The van der Waals surface area contributed by atoms with Gasteiger partial charge in [-0.15, -0.1) is 0 Å². The van der Waals surface area contributed by atoms with Crippen molar-refractivity contribution in [3.63, 3.8) is 0 Å². The fourth-order valence-corrected chi connectivity index (χ4v) is 2.29. The first-order valence-corrected chi connectivity index (χ1v) is 8.78. The smallest absolute Gasteiger partial charge is 0.413 e. The summed E-state index contributed by atoms with van der Waals surface area (Å²) >= 11 is 0. The molecule has 3 rings (SSSR count). The Morgan fingerprint density at radius 1 is 1.04 bits per heavy atom. The van der Waals surface area contributed by atoms with Crippen LogP contribution in [0.5, 0.6) is 0 Å². The Balaban J connectivity index is 0.000000369. The van der Waals surface area contributed by atoms with Gasteiger partial charge >= 0.3 is 12.1 Å². The van der Waals surface area contributed by atoms with Gasteiger partial charge in [0.15, 0.2) is 0 Å². The first-order chi connectivity index (χ1) is 13.2. The minimum atomic E-state index is -0.673. The van der Waals surface area contributed by atoms with Crippen LogP contribution in [-0.2, 0) is 4.74 Å². The van der Waals surface area contributed by atoms with Gasteiger partial charge in [-0.1, -0.05) is 61.9 Å². The summed E-state index contributed by atoms with van der Waals surface area (Å²) in [6.45, 7) is 2.61. The zero-order valence-corrected chi connectivity index (χ0v) is 15.5. The summed E-state index contributed by atoms with van der Waals surface area (Å²) in [5, 5.41) is 5.25. The van der Waals surface area contributed by atoms with Gasteiger partial charge < -0.3 is 10.1 Å². The maximum absolute atomic E-state index is 12.3. The molecule has 0 bridgehead atoms. The van der Waals surface area contributed by atoms with Crippen LogP contribution in [-0.4, -0.2) is 35.3 Å². The van der Waals surface area contributed by atoms with Crippen LogP contribution in [0.25, 0.3) is 11.0 Å². The summed E-state index contributed by atoms with van der Waals surface area (Å²) in [6.07, 6.45) is 1.20. The zero-order valence-electron chi connectivity index (χ0n) is 15.5. The number of ether oxygens (including phenoxy) is 1. The number of rotatable bonds is 4. The summed E-state index contributed by atoms with van der Waals surface area (Å²) in [4.78, 5) is 27.9. The highest BCUT2D eigenvalue weighted by Gasteiger charge is 2.18. The number of para-hydroxylation sites is 2. The summed E-state index contributed by atoms with van der Waals surface area (Å²) in [5.41, 5.74) is 1.24. The molecule has 7 heteroatoms. The third-order valence-electron chi connectivity index (χ3n) is 3.64. The van der Waals surface area contributed by atoms with E-state index in [2.05, 4.69) is 20.4 Å². The zero-order chi connectivity index (χ0) is 19.5. The minimum Gasteiger partial charge on any atom is -0.453 e. The van der Waals surface area contributed by atoms with Crippen molar-refractivity contribution in [3.8, 4) is 0 Å². The molecule has 0 radical (unpaired) electrons. The maximum Gasteiger partial charge on any atom is 0.413 e. The van der Waals surface area contributed by atoms with Crippen LogP contribution in [0.15, 0.2) is 60.7 Å². The molecule has 0 fully saturated rings. The van der Waals surface area contributed by atoms with Crippen LogP contribution >= 0.6 is 0 Å². The SMILES string of the molecule is CCCCNC(=O)n1c(NC(=O)OC)nc2ccccc21.c1ccccc1. The van der Waals surface area contributed by atoms with Crippen LogP contribution in [0.2, 0.25) is 0 Å². The largest absolute Gasteiger partial charge is 0.453 e. The topological polar surface area (TPSA) is 85.2 Å². The number of hydrogen-bond acceptors (Lipinski definition) is 4. The van der Waals surface area contributed by atoms with Gasteiger partial charge in [-0.25, -0.2) is 19.1 Å². The highest BCUT2D eigenvalue weighted by Crippen LogP contribution is 2.19. The summed E-state index contributed by atoms with van der Waals surface area (Å²) in [7, 11) is 1.25. The first-order valence-electron chi connectivity index (χ1n) is 8.78. The second-order valence-electron chi connectivity index (χ2n) is 5.62. The number of benzene rings is 2. The lowest BCUT2D eigenvalue weighted by atomic mass is 10.3. The van der Waals surface area contributed by atoms with E-state index < -0.39 is 6.09 Å². The van der Waals surface area contributed by atoms with Crippen molar-refractivity contribution < 1.29 is 14.3 Å². The molecule has 0 spiro atoms. The molecule has 7 nitrogen and oxygen atoms in total. The van der Waals surface area contributed by atoms with Crippen molar-refractivity contribution in [1.29, 1.82) is 0 Å². The average Bonchev–Trinajstić information content (AvgIpc) is 3.07. The molecule has 2 amide bonds. The monoisotopic (exact) mass is 368 g/mol. The molecule has 1 aromatic heterocycles. The van der Waals surface area contributed by atoms with Crippen LogP contribution in [0.1, 0.15) is 19.8 Å². The first kappa shape index (κ1) is 20.0. The fraction of sp³-hybridized carbons (Fsp3) is 0.250. The lowest BCUT2D eigenvalue weighted by Gasteiger charge is -2.09. The van der Waals surface area contributed by atoms with Crippen molar-refractivity contribution in [2.24, 2.45) is 0 Å². The molecule has 27 heavy (non-hydrogen) atoms. The van der Waals surface area contributed by atoms with Gasteiger partial charge in [0.1, 0.15) is 0 Å². The van der Waals surface area contributed by atoms with E-state index in [1.165, 1.54) is 11.7 Å². The molecule has 2 aromatic carbocycles. The number of amides is 2. The number of nitrogens with zero attached hydrogens (tertiary/aromatic N) is 2. The molecular formula is C20H24N4O3. The van der Waals surface area contributed by atoms with Crippen molar-refractivity contribution in [2.45, 2.75) is 19.8 Å². The Hall–Kier alpha value is -3.35. The number of hydrogen-bond donors (Lipinski definition) is 2. The molecule has 0 saturated carbocycles. The number of imidazole rings is 1. The lowest BCUT2D eigenvalue weighted by molar-refractivity contribution is 0.186. The number of carbonyl (C=O) groups is 2. The number of carbonyl (C=O) groups excluding carboxylic acids is 2. The summed E-state index contributed by atoms with van der Waals surface area (Å²) < 4.78 is 5.88. The van der Waals surface area contributed by atoms with Gasteiger partial charge in [0.2, 0.25) is 5.95 Å². The molecular weight excluding hydrogens is 344 g/mol. The second-order valence-corrected chi connectivity index (χ2v) is 5.62. The van der Waals surface area contributed by atoms with E-state index in [1.807, 2.05) is 55.5 Å². The van der Waals surface area contributed by atoms with E-state index in [9.17, 15) is 9.59 Å². The normalized spacial score (nSPS) is 9.85. The molecule has 0 aliphatic heterocycles. The van der Waals surface area contributed by atoms with Crippen molar-refractivity contribution in [3.05, 3.63) is 60.7 Å². The van der Waals surface area contributed by atoms with Crippen molar-refractivity contribution in [2.75, 3.05) is 19.0 Å². The molecule has 0 aliphatic rings. The third-order valence-corrected chi connectivity index (χ3v) is 3.64. The number of fused-ring (bicyclic) bond motifs is 1. The van der Waals surface area contributed by atoms with Crippen LogP contribution < -0.4 is 10.6 Å². The van der Waals surface area contributed by atoms with E-state index in [1.54, 1.807) is 12.1 Å². The van der Waals surface area contributed by atoms with Gasteiger partial charge in [0.05, 0.1) is 18.1 Å². The Morgan fingerprint density at radius 3 is 2.26 bits per heavy atom. The van der Waals surface area contributed by atoms with Crippen molar-refractivity contribution >= 4 is 29.1 Å². The van der Waals surface area contributed by atoms with E-state index in [0.717, 1.165) is 12.8 Å². The van der Waals surface area contributed by atoms with Gasteiger partial charge in [-0.3, -0.25) is 5.32 Å². The molecule has 2 N–H and O–H groups in total. The van der Waals surface area contributed by atoms with Crippen LogP contribution in [0.4, 0.5) is 15.5 Å². The lowest BCUT2D eigenvalue weighted by Crippen LogP contribution is -2.31. The van der Waals surface area contributed by atoms with Gasteiger partial charge in [0, 0.05) is 6.54 Å². The number of nitrogens with one attached hydrogen (secondary N) is 2. The van der Waals surface area contributed by atoms with E-state index in [4.69, 9.17) is 0 Å². The summed E-state index contributed by atoms with van der Waals surface area (Å²) in [6, 6.07) is 18.8. The van der Waals surface area contributed by atoms with Gasteiger partial charge in [0.25, 0.3) is 0 Å². The minimum absolute atomic E-state index is 0.136. The van der Waals surface area contributed by atoms with Gasteiger partial charge in [-0.05, 0) is 18.6 Å². The molecule has 3 aromatic rings. The van der Waals surface area contributed by atoms with Gasteiger partial charge in [-0.2, -0.15) is 0 Å². The fourth-order valence-electron chi connectivity index (χ4n) is 2.29. The number of unbranched alkanes of at least 4 members (excludes halogenated alkanes) is 1. The highest BCUT2D eigenvalue weighted by atomic mass is 16.5. The van der Waals surface area contributed by atoms with E-state index in [-0.39, 0.29) is 12.0 Å². The Morgan fingerprint density at radius 2 is 1.67 bits per heavy atom. The second kappa shape index (κ2) is 10.6. The predicted molar refractivity (Wildman–Crippen MR) is 106 cm³/mol. The maximum atomic E-state index is 12.3. The Kier molecular flexibility index (Phi) is 7.84. The van der Waals surface area contributed by atoms with Crippen LogP contribution in [0, 0.1) is 0 Å². The highest BCUT2D eigenvalue weighted by molar-refractivity contribution is 5.96. The average molecular weight is 368 g/mol. The molecule has 0 saturated heterocycles. The molecule has 142 valence electrons. The van der Waals surface area contributed by atoms with E-state index >= 15 is 0 Å². The number of methoxy groups -OCH3 is 1. The Bertz CT molecular complexity index is 835. The standard InChI is InChI=1S/C14H18N4O3.C6H6/c1-3-4-9-15-13(19)18-11-8-6-5-7-10(11)16-12(18)17-14(20)21-2;1-2-4-6-5-3-1/h5-8H,3-4,9H2,1-2H3,(H,15,19)(H,16,17,20);1-6H. The quantitative estimate of drug-likeness (QED) is 0.674. The molecule has 0 atom stereocenters. The number of anilines is 1. The van der Waals surface area contributed by atoms with Crippen LogP contribution in [0.3, 0.4) is 0 Å². The third kappa shape index (κ3) is 5.85. The molecule has 1 heterocycles. The Labute approximate surface area is 158 Å². The molecule has 0 aliphatic carbocycles. The van der Waals surface area contributed by atoms with E-state index in [0.29, 0.717) is 17.6 Å². The summed E-state index contributed by atoms with van der Waals surface area (Å²) in [5.74, 6) is 0.136. The number of aromatic nitrogens is 2. The van der Waals surface area contributed by atoms with Crippen molar-refractivity contribution in [1.82, 2.24) is 14.9 Å².